The molecule has 0 atom stereocenters. The zero-order chi connectivity index (χ0) is 18.6. The molecule has 2 aromatic carbocycles. The Bertz CT molecular complexity index is 883. The molecular formula is C17H19ClN2O3S2. The Kier molecular flexibility index (Phi) is 6.51. The van der Waals surface area contributed by atoms with Gasteiger partial charge in [0.05, 0.1) is 15.7 Å². The van der Waals surface area contributed by atoms with E-state index in [1.807, 2.05) is 18.2 Å². The summed E-state index contributed by atoms with van der Waals surface area (Å²) in [6, 6.07) is 12.1. The van der Waals surface area contributed by atoms with Crippen molar-refractivity contribution < 1.29 is 13.2 Å². The van der Waals surface area contributed by atoms with Crippen LogP contribution in [-0.2, 0) is 14.8 Å². The van der Waals surface area contributed by atoms with Gasteiger partial charge < -0.3 is 5.32 Å². The number of anilines is 1. The number of hydrogen-bond acceptors (Lipinski definition) is 4. The normalized spacial score (nSPS) is 11.6. The lowest BCUT2D eigenvalue weighted by atomic mass is 10.2. The van der Waals surface area contributed by atoms with Crippen molar-refractivity contribution in [1.82, 2.24) is 4.31 Å². The summed E-state index contributed by atoms with van der Waals surface area (Å²) in [6.07, 6.45) is 0. The summed E-state index contributed by atoms with van der Waals surface area (Å²) in [5, 5.41) is 3.32. The number of halogens is 1. The molecule has 0 radical (unpaired) electrons. The van der Waals surface area contributed by atoms with E-state index < -0.39 is 10.0 Å². The third-order valence-electron chi connectivity index (χ3n) is 3.43. The fourth-order valence-corrected chi connectivity index (χ4v) is 4.24. The van der Waals surface area contributed by atoms with Crippen LogP contribution >= 0.6 is 23.4 Å². The van der Waals surface area contributed by atoms with Gasteiger partial charge in [0, 0.05) is 24.7 Å². The average molecular weight is 399 g/mol. The SMILES string of the molecule is Cc1ccc(NC(=O)CSc2ccccc2Cl)cc1S(=O)(=O)N(C)C. The van der Waals surface area contributed by atoms with Gasteiger partial charge >= 0.3 is 0 Å². The van der Waals surface area contributed by atoms with Crippen LogP contribution in [-0.4, -0.2) is 38.5 Å². The van der Waals surface area contributed by atoms with Crippen molar-refractivity contribution in [2.24, 2.45) is 0 Å². The van der Waals surface area contributed by atoms with Crippen molar-refractivity contribution >= 4 is 45.0 Å². The molecule has 8 heteroatoms. The van der Waals surface area contributed by atoms with Crippen LogP contribution in [0.5, 0.6) is 0 Å². The molecule has 25 heavy (non-hydrogen) atoms. The number of benzene rings is 2. The van der Waals surface area contributed by atoms with E-state index in [1.165, 1.54) is 31.9 Å². The fourth-order valence-electron chi connectivity index (χ4n) is 2.05. The molecule has 2 rings (SSSR count). The standard InChI is InChI=1S/C17H19ClN2O3S2/c1-12-8-9-13(10-16(12)25(22,23)20(2)3)19-17(21)11-24-15-7-5-4-6-14(15)18/h4-10H,11H2,1-3H3,(H,19,21). The van der Waals surface area contributed by atoms with Crippen LogP contribution in [0.3, 0.4) is 0 Å². The smallest absolute Gasteiger partial charge is 0.242 e. The van der Waals surface area contributed by atoms with Crippen molar-refractivity contribution in [3.63, 3.8) is 0 Å². The van der Waals surface area contributed by atoms with Crippen LogP contribution in [0, 0.1) is 6.92 Å². The van der Waals surface area contributed by atoms with Crippen LogP contribution in [0.15, 0.2) is 52.3 Å². The Hall–Kier alpha value is -1.54. The van der Waals surface area contributed by atoms with Crippen LogP contribution in [0.25, 0.3) is 0 Å². The molecule has 0 aliphatic carbocycles. The quantitative estimate of drug-likeness (QED) is 0.754. The molecule has 0 aliphatic heterocycles. The minimum atomic E-state index is -3.57. The summed E-state index contributed by atoms with van der Waals surface area (Å²) in [5.41, 5.74) is 1.06. The largest absolute Gasteiger partial charge is 0.325 e. The summed E-state index contributed by atoms with van der Waals surface area (Å²) in [5.74, 6) is -0.0603. The first kappa shape index (κ1) is 19.8. The van der Waals surface area contributed by atoms with Crippen molar-refractivity contribution in [1.29, 1.82) is 0 Å². The number of sulfonamides is 1. The molecule has 0 saturated carbocycles. The summed E-state index contributed by atoms with van der Waals surface area (Å²) in [7, 11) is -0.622. The van der Waals surface area contributed by atoms with Gasteiger partial charge in [0.25, 0.3) is 0 Å². The van der Waals surface area contributed by atoms with E-state index in [0.717, 1.165) is 9.20 Å². The molecule has 0 unspecified atom stereocenters. The molecule has 0 bridgehead atoms. The number of carbonyl (C=O) groups excluding carboxylic acids is 1. The van der Waals surface area contributed by atoms with Gasteiger partial charge in [0.2, 0.25) is 15.9 Å². The molecule has 0 saturated heterocycles. The Morgan fingerprint density at radius 2 is 1.88 bits per heavy atom. The Morgan fingerprint density at radius 1 is 1.20 bits per heavy atom. The van der Waals surface area contributed by atoms with Gasteiger partial charge in [-0.2, -0.15) is 0 Å². The van der Waals surface area contributed by atoms with Crippen LogP contribution in [0.1, 0.15) is 5.56 Å². The average Bonchev–Trinajstić information content (AvgIpc) is 2.55. The monoisotopic (exact) mass is 398 g/mol. The highest BCUT2D eigenvalue weighted by molar-refractivity contribution is 8.00. The van der Waals surface area contributed by atoms with Crippen LogP contribution < -0.4 is 5.32 Å². The number of amides is 1. The van der Waals surface area contributed by atoms with E-state index in [2.05, 4.69) is 5.32 Å². The van der Waals surface area contributed by atoms with E-state index in [9.17, 15) is 13.2 Å². The Morgan fingerprint density at radius 3 is 2.52 bits per heavy atom. The minimum absolute atomic E-state index is 0.174. The molecule has 0 aliphatic rings. The van der Waals surface area contributed by atoms with Crippen molar-refractivity contribution in [2.75, 3.05) is 25.2 Å². The van der Waals surface area contributed by atoms with Gasteiger partial charge in [-0.3, -0.25) is 4.79 Å². The number of thioether (sulfide) groups is 1. The zero-order valence-corrected chi connectivity index (χ0v) is 16.5. The lowest BCUT2D eigenvalue weighted by molar-refractivity contribution is -0.113. The van der Waals surface area contributed by atoms with E-state index in [-0.39, 0.29) is 16.6 Å². The lowest BCUT2D eigenvalue weighted by Crippen LogP contribution is -2.23. The lowest BCUT2D eigenvalue weighted by Gasteiger charge is -2.15. The van der Waals surface area contributed by atoms with Gasteiger partial charge in [0.15, 0.2) is 0 Å². The van der Waals surface area contributed by atoms with Gasteiger partial charge in [-0.1, -0.05) is 29.8 Å². The van der Waals surface area contributed by atoms with E-state index in [4.69, 9.17) is 11.6 Å². The number of aryl methyl sites for hydroxylation is 1. The van der Waals surface area contributed by atoms with Crippen molar-refractivity contribution in [3.8, 4) is 0 Å². The van der Waals surface area contributed by atoms with Gasteiger partial charge in [-0.15, -0.1) is 11.8 Å². The van der Waals surface area contributed by atoms with Crippen molar-refractivity contribution in [2.45, 2.75) is 16.7 Å². The second-order valence-corrected chi connectivity index (χ2v) is 9.08. The van der Waals surface area contributed by atoms with Gasteiger partial charge in [0.1, 0.15) is 0 Å². The summed E-state index contributed by atoms with van der Waals surface area (Å²) >= 11 is 7.38. The van der Waals surface area contributed by atoms with E-state index in [1.54, 1.807) is 25.1 Å². The zero-order valence-electron chi connectivity index (χ0n) is 14.1. The molecule has 0 spiro atoms. The molecular weight excluding hydrogens is 380 g/mol. The Balaban J connectivity index is 2.10. The molecule has 1 amide bonds. The van der Waals surface area contributed by atoms with Gasteiger partial charge in [-0.05, 0) is 36.8 Å². The second kappa shape index (κ2) is 8.23. The van der Waals surface area contributed by atoms with E-state index in [0.29, 0.717) is 16.3 Å². The number of nitrogens with zero attached hydrogens (tertiary/aromatic N) is 1. The molecule has 0 aromatic heterocycles. The maximum absolute atomic E-state index is 12.3. The highest BCUT2D eigenvalue weighted by Crippen LogP contribution is 2.27. The summed E-state index contributed by atoms with van der Waals surface area (Å²) in [6.45, 7) is 1.72. The second-order valence-electron chi connectivity index (χ2n) is 5.53. The number of hydrogen-bond donors (Lipinski definition) is 1. The summed E-state index contributed by atoms with van der Waals surface area (Å²) < 4.78 is 25.8. The summed E-state index contributed by atoms with van der Waals surface area (Å²) in [4.78, 5) is 13.1. The third-order valence-corrected chi connectivity index (χ3v) is 6.90. The molecule has 0 heterocycles. The van der Waals surface area contributed by atoms with Crippen molar-refractivity contribution in [3.05, 3.63) is 53.1 Å². The van der Waals surface area contributed by atoms with Gasteiger partial charge in [-0.25, -0.2) is 12.7 Å². The molecule has 134 valence electrons. The highest BCUT2D eigenvalue weighted by Gasteiger charge is 2.20. The predicted octanol–water partition coefficient (Wildman–Crippen LogP) is 3.63. The number of nitrogens with one attached hydrogen (secondary N) is 1. The molecule has 5 nitrogen and oxygen atoms in total. The fraction of sp³-hybridized carbons (Fsp3) is 0.235. The Labute approximate surface area is 157 Å². The first-order valence-electron chi connectivity index (χ1n) is 7.42. The minimum Gasteiger partial charge on any atom is -0.325 e. The maximum atomic E-state index is 12.3. The first-order valence-corrected chi connectivity index (χ1v) is 10.2. The number of rotatable bonds is 6. The first-order chi connectivity index (χ1) is 11.7. The molecule has 1 N–H and O–H groups in total. The predicted molar refractivity (Wildman–Crippen MR) is 103 cm³/mol. The molecule has 0 fully saturated rings. The maximum Gasteiger partial charge on any atom is 0.242 e. The third kappa shape index (κ3) is 4.98. The highest BCUT2D eigenvalue weighted by atomic mass is 35.5. The molecule has 2 aromatic rings. The van der Waals surface area contributed by atoms with Crippen LogP contribution in [0.4, 0.5) is 5.69 Å². The number of carbonyl (C=O) groups is 1. The van der Waals surface area contributed by atoms with E-state index >= 15 is 0 Å². The van der Waals surface area contributed by atoms with Crippen LogP contribution in [0.2, 0.25) is 5.02 Å². The topological polar surface area (TPSA) is 66.5 Å².